The Kier molecular flexibility index (Phi) is 2.86. The Balaban J connectivity index is 2.37. The highest BCUT2D eigenvalue weighted by molar-refractivity contribution is 5.97. The van der Waals surface area contributed by atoms with E-state index < -0.39 is 0 Å². The molecule has 0 aliphatic carbocycles. The summed E-state index contributed by atoms with van der Waals surface area (Å²) < 4.78 is 5.26. The number of carbonyl (C=O) groups is 1. The molecule has 0 radical (unpaired) electrons. The lowest BCUT2D eigenvalue weighted by atomic mass is 10.0. The molecule has 2 rings (SSSR count). The van der Waals surface area contributed by atoms with Gasteiger partial charge in [0, 0.05) is 29.4 Å². The normalized spacial score (nSPS) is 10.7. The summed E-state index contributed by atoms with van der Waals surface area (Å²) in [6, 6.07) is 5.47. The van der Waals surface area contributed by atoms with E-state index in [1.807, 2.05) is 32.0 Å². The monoisotopic (exact) mass is 215 g/mol. The fraction of sp³-hybridized carbons (Fsp3) is 0.231. The quantitative estimate of drug-likeness (QED) is 0.738. The first-order valence-electron chi connectivity index (χ1n) is 5.21. The lowest BCUT2D eigenvalue weighted by Crippen LogP contribution is -2.07. The standard InChI is InChI=1S/C13H13NO2/c1-9(2)13(15)11-6-10(7-14-8-11)12-4-3-5-16-12/h3-9H,1-2H3. The van der Waals surface area contributed by atoms with Gasteiger partial charge in [-0.1, -0.05) is 13.8 Å². The number of hydrogen-bond acceptors (Lipinski definition) is 3. The van der Waals surface area contributed by atoms with Gasteiger partial charge in [0.05, 0.1) is 6.26 Å². The molecule has 82 valence electrons. The van der Waals surface area contributed by atoms with Crippen molar-refractivity contribution >= 4 is 5.78 Å². The van der Waals surface area contributed by atoms with Gasteiger partial charge in [-0.15, -0.1) is 0 Å². The minimum atomic E-state index is -0.0198. The maximum absolute atomic E-state index is 11.8. The molecule has 0 aliphatic heterocycles. The number of ketones is 1. The van der Waals surface area contributed by atoms with E-state index in [4.69, 9.17) is 4.42 Å². The van der Waals surface area contributed by atoms with Gasteiger partial charge >= 0.3 is 0 Å². The molecule has 0 N–H and O–H groups in total. The van der Waals surface area contributed by atoms with E-state index in [9.17, 15) is 4.79 Å². The van der Waals surface area contributed by atoms with E-state index in [0.29, 0.717) is 5.56 Å². The second-order valence-electron chi connectivity index (χ2n) is 3.96. The van der Waals surface area contributed by atoms with Crippen LogP contribution in [-0.2, 0) is 0 Å². The van der Waals surface area contributed by atoms with Crippen LogP contribution in [0.2, 0.25) is 0 Å². The van der Waals surface area contributed by atoms with Gasteiger partial charge in [-0.25, -0.2) is 0 Å². The molecule has 0 fully saturated rings. The zero-order valence-corrected chi connectivity index (χ0v) is 9.31. The van der Waals surface area contributed by atoms with Crippen LogP contribution in [0, 0.1) is 5.92 Å². The van der Waals surface area contributed by atoms with E-state index in [1.165, 1.54) is 0 Å². The molecule has 0 saturated heterocycles. The Morgan fingerprint density at radius 2 is 2.19 bits per heavy atom. The third-order valence-corrected chi connectivity index (χ3v) is 2.35. The summed E-state index contributed by atoms with van der Waals surface area (Å²) in [4.78, 5) is 15.9. The first-order valence-corrected chi connectivity index (χ1v) is 5.21. The van der Waals surface area contributed by atoms with Crippen LogP contribution in [0.4, 0.5) is 0 Å². The van der Waals surface area contributed by atoms with Gasteiger partial charge in [0.2, 0.25) is 0 Å². The van der Waals surface area contributed by atoms with Crippen molar-refractivity contribution in [3.63, 3.8) is 0 Å². The number of aromatic nitrogens is 1. The molecule has 0 aromatic carbocycles. The van der Waals surface area contributed by atoms with Gasteiger partial charge in [0.15, 0.2) is 5.78 Å². The Labute approximate surface area is 94.1 Å². The van der Waals surface area contributed by atoms with Crippen LogP contribution in [-0.4, -0.2) is 10.8 Å². The highest BCUT2D eigenvalue weighted by Gasteiger charge is 2.12. The average Bonchev–Trinajstić information content (AvgIpc) is 2.81. The number of nitrogens with zero attached hydrogens (tertiary/aromatic N) is 1. The Morgan fingerprint density at radius 1 is 1.38 bits per heavy atom. The van der Waals surface area contributed by atoms with E-state index in [-0.39, 0.29) is 11.7 Å². The van der Waals surface area contributed by atoms with Crippen LogP contribution >= 0.6 is 0 Å². The smallest absolute Gasteiger partial charge is 0.166 e. The Bertz CT molecular complexity index is 486. The zero-order chi connectivity index (χ0) is 11.5. The molecule has 0 bridgehead atoms. The maximum Gasteiger partial charge on any atom is 0.166 e. The number of hydrogen-bond donors (Lipinski definition) is 0. The fourth-order valence-corrected chi connectivity index (χ4v) is 1.49. The summed E-state index contributed by atoms with van der Waals surface area (Å²) >= 11 is 0. The van der Waals surface area contributed by atoms with Crippen molar-refractivity contribution in [3.05, 3.63) is 42.4 Å². The second kappa shape index (κ2) is 4.31. The molecule has 3 heteroatoms. The molecule has 0 spiro atoms. The van der Waals surface area contributed by atoms with Gasteiger partial charge in [-0.3, -0.25) is 9.78 Å². The molecule has 16 heavy (non-hydrogen) atoms. The van der Waals surface area contributed by atoms with Gasteiger partial charge in [0.1, 0.15) is 5.76 Å². The largest absolute Gasteiger partial charge is 0.464 e. The summed E-state index contributed by atoms with van der Waals surface area (Å²) in [5.74, 6) is 0.806. The van der Waals surface area contributed by atoms with Crippen molar-refractivity contribution < 1.29 is 9.21 Å². The number of pyridine rings is 1. The minimum absolute atomic E-state index is 0.0198. The SMILES string of the molecule is CC(C)C(=O)c1cncc(-c2ccco2)c1. The third kappa shape index (κ3) is 2.03. The van der Waals surface area contributed by atoms with Gasteiger partial charge in [-0.2, -0.15) is 0 Å². The molecule has 3 nitrogen and oxygen atoms in total. The third-order valence-electron chi connectivity index (χ3n) is 2.35. The van der Waals surface area contributed by atoms with Crippen molar-refractivity contribution in [2.24, 2.45) is 5.92 Å². The van der Waals surface area contributed by atoms with Gasteiger partial charge < -0.3 is 4.42 Å². The summed E-state index contributed by atoms with van der Waals surface area (Å²) in [5, 5.41) is 0. The van der Waals surface area contributed by atoms with Crippen LogP contribution in [0.5, 0.6) is 0 Å². The molecule has 2 aromatic heterocycles. The van der Waals surface area contributed by atoms with Crippen molar-refractivity contribution in [1.29, 1.82) is 0 Å². The maximum atomic E-state index is 11.8. The van der Waals surface area contributed by atoms with Crippen molar-refractivity contribution in [3.8, 4) is 11.3 Å². The van der Waals surface area contributed by atoms with Crippen LogP contribution in [0.25, 0.3) is 11.3 Å². The average molecular weight is 215 g/mol. The summed E-state index contributed by atoms with van der Waals surface area (Å²) in [5.41, 5.74) is 1.46. The van der Waals surface area contributed by atoms with E-state index in [1.54, 1.807) is 18.7 Å². The highest BCUT2D eigenvalue weighted by Crippen LogP contribution is 2.20. The number of Topliss-reactive ketones (excluding diaryl/α,β-unsaturated/α-hetero) is 1. The lowest BCUT2D eigenvalue weighted by Gasteiger charge is -2.04. The van der Waals surface area contributed by atoms with E-state index >= 15 is 0 Å². The Morgan fingerprint density at radius 3 is 2.81 bits per heavy atom. The van der Waals surface area contributed by atoms with Crippen molar-refractivity contribution in [1.82, 2.24) is 4.98 Å². The molecule has 0 amide bonds. The molecule has 0 aliphatic rings. The first-order chi connectivity index (χ1) is 7.68. The predicted octanol–water partition coefficient (Wildman–Crippen LogP) is 3.18. The van der Waals surface area contributed by atoms with Crippen molar-refractivity contribution in [2.45, 2.75) is 13.8 Å². The van der Waals surface area contributed by atoms with E-state index in [2.05, 4.69) is 4.98 Å². The number of rotatable bonds is 3. The first kappa shape index (κ1) is 10.6. The van der Waals surface area contributed by atoms with E-state index in [0.717, 1.165) is 11.3 Å². The molecular weight excluding hydrogens is 202 g/mol. The number of furan rings is 1. The van der Waals surface area contributed by atoms with Crippen LogP contribution < -0.4 is 0 Å². The van der Waals surface area contributed by atoms with Crippen LogP contribution in [0.1, 0.15) is 24.2 Å². The van der Waals surface area contributed by atoms with Gasteiger partial charge in [-0.05, 0) is 18.2 Å². The Hall–Kier alpha value is -1.90. The topological polar surface area (TPSA) is 43.1 Å². The summed E-state index contributed by atoms with van der Waals surface area (Å²) in [7, 11) is 0. The fourth-order valence-electron chi connectivity index (χ4n) is 1.49. The highest BCUT2D eigenvalue weighted by atomic mass is 16.3. The predicted molar refractivity (Wildman–Crippen MR) is 61.1 cm³/mol. The lowest BCUT2D eigenvalue weighted by molar-refractivity contribution is 0.0939. The molecule has 0 unspecified atom stereocenters. The van der Waals surface area contributed by atoms with Crippen LogP contribution in [0.3, 0.4) is 0 Å². The molecule has 0 saturated carbocycles. The zero-order valence-electron chi connectivity index (χ0n) is 9.31. The number of carbonyl (C=O) groups excluding carboxylic acids is 1. The molecule has 2 heterocycles. The minimum Gasteiger partial charge on any atom is -0.464 e. The second-order valence-corrected chi connectivity index (χ2v) is 3.96. The summed E-state index contributed by atoms with van der Waals surface area (Å²) in [6.07, 6.45) is 4.89. The molecule has 0 atom stereocenters. The van der Waals surface area contributed by atoms with Crippen LogP contribution in [0.15, 0.2) is 41.3 Å². The molecule has 2 aromatic rings. The van der Waals surface area contributed by atoms with Crippen molar-refractivity contribution in [2.75, 3.05) is 0 Å². The van der Waals surface area contributed by atoms with Gasteiger partial charge in [0.25, 0.3) is 0 Å². The summed E-state index contributed by atoms with van der Waals surface area (Å²) in [6.45, 7) is 3.75. The molecular formula is C13H13NO2.